The topological polar surface area (TPSA) is 91.5 Å². The number of rotatable bonds is 7. The second-order valence-corrected chi connectivity index (χ2v) is 7.24. The van der Waals surface area contributed by atoms with Crippen LogP contribution in [0.25, 0.3) is 0 Å². The summed E-state index contributed by atoms with van der Waals surface area (Å²) in [6, 6.07) is 12.6. The molecule has 0 aliphatic carbocycles. The molecule has 2 amide bonds. The number of carbonyl (C=O) groups is 2. The number of hydrogen-bond acceptors (Lipinski definition) is 6. The van der Waals surface area contributed by atoms with Crippen molar-refractivity contribution in [2.45, 2.75) is 18.0 Å². The lowest BCUT2D eigenvalue weighted by molar-refractivity contribution is -0.125. The van der Waals surface area contributed by atoms with E-state index >= 15 is 0 Å². The second-order valence-electron chi connectivity index (χ2n) is 6.15. The van der Waals surface area contributed by atoms with E-state index in [0.29, 0.717) is 12.1 Å². The summed E-state index contributed by atoms with van der Waals surface area (Å²) in [5.41, 5.74) is 7.07. The summed E-state index contributed by atoms with van der Waals surface area (Å²) in [5, 5.41) is 5.51. The van der Waals surface area contributed by atoms with Crippen molar-refractivity contribution in [2.24, 2.45) is 0 Å². The molecule has 4 N–H and O–H groups in total. The van der Waals surface area contributed by atoms with Crippen LogP contribution in [0.2, 0.25) is 0 Å². The predicted molar refractivity (Wildman–Crippen MR) is 106 cm³/mol. The molecule has 0 aromatic heterocycles. The number of thioether (sulfide) groups is 1. The van der Waals surface area contributed by atoms with Gasteiger partial charge in [-0.25, -0.2) is 15.2 Å². The summed E-state index contributed by atoms with van der Waals surface area (Å²) < 4.78 is 18.0. The van der Waals surface area contributed by atoms with Gasteiger partial charge >= 0.3 is 0 Å². The molecular formula is C19H21FN4O3S. The van der Waals surface area contributed by atoms with Gasteiger partial charge in [0.05, 0.1) is 12.9 Å². The lowest BCUT2D eigenvalue weighted by Gasteiger charge is -2.31. The van der Waals surface area contributed by atoms with Crippen molar-refractivity contribution in [3.8, 4) is 5.75 Å². The molecule has 1 fully saturated rings. The van der Waals surface area contributed by atoms with Crippen LogP contribution in [0.5, 0.6) is 5.75 Å². The maximum atomic E-state index is 12.9. The Labute approximate surface area is 166 Å². The Kier molecular flexibility index (Phi) is 6.85. The number of ether oxygens (including phenoxy) is 1. The number of hydrazine groups is 1. The number of amides is 2. The fourth-order valence-electron chi connectivity index (χ4n) is 2.62. The number of nitrogens with one attached hydrogen (secondary N) is 4. The zero-order valence-corrected chi connectivity index (χ0v) is 16.0. The fraction of sp³-hybridized carbons (Fsp3) is 0.263. The quantitative estimate of drug-likeness (QED) is 0.561. The number of methoxy groups -OCH3 is 1. The van der Waals surface area contributed by atoms with Crippen LogP contribution in [0.15, 0.2) is 48.5 Å². The zero-order valence-electron chi connectivity index (χ0n) is 15.2. The number of hydrogen-bond donors (Lipinski definition) is 4. The van der Waals surface area contributed by atoms with Gasteiger partial charge in [-0.2, -0.15) is 0 Å². The van der Waals surface area contributed by atoms with Crippen LogP contribution in [0.3, 0.4) is 0 Å². The molecule has 1 saturated heterocycles. The van der Waals surface area contributed by atoms with Crippen molar-refractivity contribution in [3.63, 3.8) is 0 Å². The van der Waals surface area contributed by atoms with Crippen molar-refractivity contribution in [1.82, 2.24) is 16.2 Å². The largest absolute Gasteiger partial charge is 0.497 e. The van der Waals surface area contributed by atoms with Gasteiger partial charge in [-0.1, -0.05) is 12.1 Å². The van der Waals surface area contributed by atoms with Crippen molar-refractivity contribution in [3.05, 3.63) is 59.9 Å². The number of halogens is 1. The molecule has 2 aromatic carbocycles. The van der Waals surface area contributed by atoms with Crippen LogP contribution >= 0.6 is 11.8 Å². The van der Waals surface area contributed by atoms with Crippen LogP contribution in [0.4, 0.5) is 10.1 Å². The Hall–Kier alpha value is -2.62. The maximum Gasteiger partial charge on any atom is 0.240 e. The highest BCUT2D eigenvalue weighted by Crippen LogP contribution is 2.15. The SMILES string of the molecule is COc1ccc(CC2NNC(SCC(=O)Nc3ccc(F)cc3)NC2=O)cc1. The van der Waals surface area contributed by atoms with Gasteiger partial charge in [0.1, 0.15) is 23.1 Å². The van der Waals surface area contributed by atoms with Gasteiger partial charge in [0.2, 0.25) is 11.8 Å². The molecule has 1 aliphatic rings. The third kappa shape index (κ3) is 5.69. The Morgan fingerprint density at radius 1 is 1.14 bits per heavy atom. The smallest absolute Gasteiger partial charge is 0.240 e. The number of carbonyl (C=O) groups excluding carboxylic acids is 2. The maximum absolute atomic E-state index is 12.9. The molecular weight excluding hydrogens is 383 g/mol. The Balaban J connectivity index is 1.42. The second kappa shape index (κ2) is 9.54. The molecule has 0 bridgehead atoms. The van der Waals surface area contributed by atoms with Gasteiger partial charge in [-0.3, -0.25) is 9.59 Å². The number of benzene rings is 2. The number of anilines is 1. The van der Waals surface area contributed by atoms with Crippen LogP contribution in [0.1, 0.15) is 5.56 Å². The summed E-state index contributed by atoms with van der Waals surface area (Å²) in [4.78, 5) is 24.3. The molecule has 0 spiro atoms. The predicted octanol–water partition coefficient (Wildman–Crippen LogP) is 1.62. The van der Waals surface area contributed by atoms with Crippen LogP contribution in [-0.2, 0) is 16.0 Å². The van der Waals surface area contributed by atoms with E-state index < -0.39 is 11.5 Å². The van der Waals surface area contributed by atoms with Gasteiger partial charge in [0.25, 0.3) is 0 Å². The minimum atomic E-state index is -0.432. The van der Waals surface area contributed by atoms with E-state index in [1.807, 2.05) is 24.3 Å². The van der Waals surface area contributed by atoms with Gasteiger partial charge < -0.3 is 15.4 Å². The molecule has 0 saturated carbocycles. The Bertz CT molecular complexity index is 817. The lowest BCUT2D eigenvalue weighted by atomic mass is 10.1. The lowest BCUT2D eigenvalue weighted by Crippen LogP contribution is -2.64. The highest BCUT2D eigenvalue weighted by atomic mass is 32.2. The van der Waals surface area contributed by atoms with Gasteiger partial charge in [0.15, 0.2) is 0 Å². The molecule has 1 aliphatic heterocycles. The average molecular weight is 404 g/mol. The highest BCUT2D eigenvalue weighted by molar-refractivity contribution is 8.00. The normalized spacial score (nSPS) is 19.0. The van der Waals surface area contributed by atoms with Gasteiger partial charge in [-0.05, 0) is 48.4 Å². The van der Waals surface area contributed by atoms with E-state index in [1.165, 1.54) is 36.0 Å². The Morgan fingerprint density at radius 3 is 2.50 bits per heavy atom. The van der Waals surface area contributed by atoms with Crippen LogP contribution in [0, 0.1) is 5.82 Å². The molecule has 28 heavy (non-hydrogen) atoms. The summed E-state index contributed by atoms with van der Waals surface area (Å²) in [7, 11) is 1.60. The molecule has 2 unspecified atom stereocenters. The van der Waals surface area contributed by atoms with E-state index in [9.17, 15) is 14.0 Å². The molecule has 0 radical (unpaired) electrons. The fourth-order valence-corrected chi connectivity index (χ4v) is 3.36. The van der Waals surface area contributed by atoms with Gasteiger partial charge in [-0.15, -0.1) is 11.8 Å². The van der Waals surface area contributed by atoms with Crippen molar-refractivity contribution in [1.29, 1.82) is 0 Å². The highest BCUT2D eigenvalue weighted by Gasteiger charge is 2.27. The molecule has 1 heterocycles. The molecule has 148 valence electrons. The van der Waals surface area contributed by atoms with E-state index in [0.717, 1.165) is 11.3 Å². The van der Waals surface area contributed by atoms with Gasteiger partial charge in [0, 0.05) is 5.69 Å². The zero-order chi connectivity index (χ0) is 19.9. The third-order valence-corrected chi connectivity index (χ3v) is 5.08. The first-order valence-electron chi connectivity index (χ1n) is 8.65. The molecule has 2 aromatic rings. The summed E-state index contributed by atoms with van der Waals surface area (Å²) in [5.74, 6) is 0.134. The summed E-state index contributed by atoms with van der Waals surface area (Å²) in [6.45, 7) is 0. The van der Waals surface area contributed by atoms with Crippen LogP contribution < -0.4 is 26.2 Å². The first-order valence-corrected chi connectivity index (χ1v) is 9.70. The van der Waals surface area contributed by atoms with Crippen molar-refractivity contribution < 1.29 is 18.7 Å². The summed E-state index contributed by atoms with van der Waals surface area (Å²) in [6.07, 6.45) is 0.519. The Morgan fingerprint density at radius 2 is 1.86 bits per heavy atom. The molecule has 2 atom stereocenters. The molecule has 7 nitrogen and oxygen atoms in total. The summed E-state index contributed by atoms with van der Waals surface area (Å²) >= 11 is 1.24. The van der Waals surface area contributed by atoms with E-state index in [-0.39, 0.29) is 23.4 Å². The van der Waals surface area contributed by atoms with E-state index in [4.69, 9.17) is 4.74 Å². The minimum Gasteiger partial charge on any atom is -0.497 e. The minimum absolute atomic E-state index is 0.125. The average Bonchev–Trinajstić information content (AvgIpc) is 2.70. The first-order chi connectivity index (χ1) is 13.5. The first kappa shape index (κ1) is 20.1. The monoisotopic (exact) mass is 404 g/mol. The standard InChI is InChI=1S/C19H21FN4O3S/c1-27-15-8-2-12(3-9-15)10-16-18(26)22-19(24-23-16)28-11-17(25)21-14-6-4-13(20)5-7-14/h2-9,16,19,23-24H,10-11H2,1H3,(H,21,25)(H,22,26). The van der Waals surface area contributed by atoms with E-state index in [2.05, 4.69) is 21.5 Å². The molecule has 9 heteroatoms. The van der Waals surface area contributed by atoms with Crippen molar-refractivity contribution in [2.75, 3.05) is 18.2 Å². The third-order valence-electron chi connectivity index (χ3n) is 4.09. The molecule has 3 rings (SSSR count). The van der Waals surface area contributed by atoms with E-state index in [1.54, 1.807) is 7.11 Å². The van der Waals surface area contributed by atoms with Crippen LogP contribution in [-0.4, -0.2) is 36.2 Å². The van der Waals surface area contributed by atoms with Crippen molar-refractivity contribution >= 4 is 29.3 Å².